The topological polar surface area (TPSA) is 119 Å². The zero-order chi connectivity index (χ0) is 14.7. The number of amides is 1. The molecule has 7 nitrogen and oxygen atoms in total. The first-order valence-electron chi connectivity index (χ1n) is 6.21. The predicted octanol–water partition coefficient (Wildman–Crippen LogP) is -1.78. The fourth-order valence-electron chi connectivity index (χ4n) is 1.98. The molecular weight excluding hydrogens is 266 g/mol. The number of nitrogens with one attached hydrogen (secondary N) is 1. The molecule has 1 amide bonds. The number of rotatable bonds is 3. The van der Waals surface area contributed by atoms with E-state index in [4.69, 9.17) is 4.74 Å². The van der Waals surface area contributed by atoms with Crippen LogP contribution in [0.4, 0.5) is 0 Å². The van der Waals surface area contributed by atoms with Crippen molar-refractivity contribution in [1.82, 2.24) is 5.32 Å². The third-order valence-electron chi connectivity index (χ3n) is 3.19. The zero-order valence-electron chi connectivity index (χ0n) is 10.6. The number of carbonyl (C=O) groups excluding carboxylic acids is 1. The lowest BCUT2D eigenvalue weighted by molar-refractivity contribution is -0.279. The Kier molecular flexibility index (Phi) is 4.69. The van der Waals surface area contributed by atoms with Gasteiger partial charge in [-0.1, -0.05) is 18.2 Å². The van der Waals surface area contributed by atoms with E-state index in [0.29, 0.717) is 5.56 Å². The van der Waals surface area contributed by atoms with E-state index in [-0.39, 0.29) is 12.5 Å². The van der Waals surface area contributed by atoms with Crippen LogP contribution in [-0.4, -0.2) is 63.6 Å². The number of carbonyl (C=O) groups is 1. The van der Waals surface area contributed by atoms with Crippen LogP contribution in [0.3, 0.4) is 0 Å². The lowest BCUT2D eigenvalue weighted by Crippen LogP contribution is -2.59. The van der Waals surface area contributed by atoms with E-state index in [1.807, 2.05) is 0 Å². The summed E-state index contributed by atoms with van der Waals surface area (Å²) in [6.45, 7) is -0.101. The molecule has 0 bridgehead atoms. The van der Waals surface area contributed by atoms with Crippen LogP contribution in [0.5, 0.6) is 0 Å². The van der Waals surface area contributed by atoms with E-state index in [1.165, 1.54) is 0 Å². The minimum Gasteiger partial charge on any atom is -0.388 e. The molecule has 2 rings (SSSR count). The summed E-state index contributed by atoms with van der Waals surface area (Å²) < 4.78 is 4.95. The zero-order valence-corrected chi connectivity index (χ0v) is 10.6. The van der Waals surface area contributed by atoms with Gasteiger partial charge in [-0.2, -0.15) is 0 Å². The highest BCUT2D eigenvalue weighted by Crippen LogP contribution is 2.19. The summed E-state index contributed by atoms with van der Waals surface area (Å²) in [6.07, 6.45) is -7.11. The van der Waals surface area contributed by atoms with E-state index in [0.717, 1.165) is 0 Å². The third-order valence-corrected chi connectivity index (χ3v) is 3.19. The summed E-state index contributed by atoms with van der Waals surface area (Å²) in [6, 6.07) is 8.45. The van der Waals surface area contributed by atoms with Crippen molar-refractivity contribution in [3.05, 3.63) is 35.9 Å². The smallest absolute Gasteiger partial charge is 0.251 e. The van der Waals surface area contributed by atoms with E-state index < -0.39 is 30.7 Å². The average molecular weight is 283 g/mol. The summed E-state index contributed by atoms with van der Waals surface area (Å²) in [5.74, 6) is -0.364. The highest BCUT2D eigenvalue weighted by atomic mass is 16.6. The largest absolute Gasteiger partial charge is 0.388 e. The van der Waals surface area contributed by atoms with Gasteiger partial charge in [-0.3, -0.25) is 4.79 Å². The minimum absolute atomic E-state index is 0.101. The molecule has 20 heavy (non-hydrogen) atoms. The molecule has 5 atom stereocenters. The molecule has 1 aromatic rings. The summed E-state index contributed by atoms with van der Waals surface area (Å²) in [5.41, 5.74) is 0.443. The molecule has 7 heteroatoms. The summed E-state index contributed by atoms with van der Waals surface area (Å²) >= 11 is 0. The Labute approximate surface area is 115 Å². The average Bonchev–Trinajstić information content (AvgIpc) is 2.48. The van der Waals surface area contributed by atoms with E-state index in [9.17, 15) is 25.2 Å². The van der Waals surface area contributed by atoms with Gasteiger partial charge >= 0.3 is 0 Å². The highest BCUT2D eigenvalue weighted by Gasteiger charge is 2.42. The second-order valence-electron chi connectivity index (χ2n) is 4.61. The second-order valence-corrected chi connectivity index (χ2v) is 4.61. The maximum Gasteiger partial charge on any atom is 0.251 e. The van der Waals surface area contributed by atoms with Gasteiger partial charge in [-0.15, -0.1) is 0 Å². The molecule has 1 fully saturated rings. The number of aliphatic hydroxyl groups excluding tert-OH is 4. The molecule has 1 aromatic carbocycles. The number of hydrogen-bond donors (Lipinski definition) is 5. The number of aliphatic hydroxyl groups is 4. The monoisotopic (exact) mass is 283 g/mol. The number of ether oxygens (including phenoxy) is 1. The molecule has 0 aromatic heterocycles. The van der Waals surface area contributed by atoms with E-state index in [1.54, 1.807) is 30.3 Å². The van der Waals surface area contributed by atoms with Gasteiger partial charge in [-0.05, 0) is 12.1 Å². The maximum absolute atomic E-state index is 11.8. The van der Waals surface area contributed by atoms with Crippen LogP contribution in [0, 0.1) is 0 Å². The fourth-order valence-corrected chi connectivity index (χ4v) is 1.98. The third kappa shape index (κ3) is 3.14. The highest BCUT2D eigenvalue weighted by molar-refractivity contribution is 5.94. The van der Waals surface area contributed by atoms with Crippen molar-refractivity contribution in [2.45, 2.75) is 30.7 Å². The van der Waals surface area contributed by atoms with Crippen LogP contribution < -0.4 is 5.32 Å². The van der Waals surface area contributed by atoms with Crippen molar-refractivity contribution >= 4 is 5.91 Å². The predicted molar refractivity (Wildman–Crippen MR) is 67.7 cm³/mol. The van der Waals surface area contributed by atoms with Crippen LogP contribution in [0.15, 0.2) is 30.3 Å². The molecule has 110 valence electrons. The summed E-state index contributed by atoms with van der Waals surface area (Å²) in [4.78, 5) is 11.8. The van der Waals surface area contributed by atoms with Gasteiger partial charge < -0.3 is 30.5 Å². The van der Waals surface area contributed by atoms with Crippen molar-refractivity contribution < 1.29 is 30.0 Å². The van der Waals surface area contributed by atoms with Gasteiger partial charge in [0.2, 0.25) is 0 Å². The van der Waals surface area contributed by atoms with Crippen molar-refractivity contribution in [2.75, 3.05) is 6.54 Å². The van der Waals surface area contributed by atoms with Crippen molar-refractivity contribution in [3.63, 3.8) is 0 Å². The Bertz CT molecular complexity index is 453. The van der Waals surface area contributed by atoms with Crippen LogP contribution in [0.25, 0.3) is 0 Å². The van der Waals surface area contributed by atoms with Crippen molar-refractivity contribution in [1.29, 1.82) is 0 Å². The molecule has 1 heterocycles. The van der Waals surface area contributed by atoms with Crippen LogP contribution in [-0.2, 0) is 4.74 Å². The number of benzene rings is 1. The SMILES string of the molecule is O=C(NC[C@H]1O[C@@H](O)[C@H](O)[C@@H](O)[C@H]1O)c1ccccc1. The van der Waals surface area contributed by atoms with Crippen molar-refractivity contribution in [2.24, 2.45) is 0 Å². The van der Waals surface area contributed by atoms with Crippen molar-refractivity contribution in [3.8, 4) is 0 Å². The van der Waals surface area contributed by atoms with E-state index >= 15 is 0 Å². The Morgan fingerprint density at radius 3 is 2.35 bits per heavy atom. The first-order chi connectivity index (χ1) is 9.50. The van der Waals surface area contributed by atoms with Gasteiger partial charge in [-0.25, -0.2) is 0 Å². The number of hydrogen-bond acceptors (Lipinski definition) is 6. The maximum atomic E-state index is 11.8. The van der Waals surface area contributed by atoms with Gasteiger partial charge in [0, 0.05) is 12.1 Å². The standard InChI is InChI=1S/C13H17NO6/c15-9-8(20-13(19)11(17)10(9)16)6-14-12(18)7-4-2-1-3-5-7/h1-5,8-11,13,15-17,19H,6H2,(H,14,18)/t8-,9+,10+,11-,13-/m1/s1. The van der Waals surface area contributed by atoms with Gasteiger partial charge in [0.25, 0.3) is 5.91 Å². The first-order valence-corrected chi connectivity index (χ1v) is 6.21. The molecule has 0 radical (unpaired) electrons. The molecular formula is C13H17NO6. The Hall–Kier alpha value is -1.51. The molecule has 0 unspecified atom stereocenters. The Balaban J connectivity index is 1.92. The molecule has 1 aliphatic rings. The normalized spacial score (nSPS) is 33.7. The fraction of sp³-hybridized carbons (Fsp3) is 0.462. The summed E-state index contributed by atoms with van der Waals surface area (Å²) in [5, 5.41) is 40.4. The van der Waals surface area contributed by atoms with Crippen LogP contribution in [0.2, 0.25) is 0 Å². The molecule has 1 saturated heterocycles. The van der Waals surface area contributed by atoms with Gasteiger partial charge in [0.05, 0.1) is 0 Å². The molecule has 0 spiro atoms. The van der Waals surface area contributed by atoms with Crippen LogP contribution >= 0.6 is 0 Å². The van der Waals surface area contributed by atoms with Gasteiger partial charge in [0.15, 0.2) is 6.29 Å². The molecule has 0 aliphatic carbocycles. The minimum atomic E-state index is -1.60. The molecule has 5 N–H and O–H groups in total. The molecule has 0 saturated carbocycles. The van der Waals surface area contributed by atoms with Gasteiger partial charge in [0.1, 0.15) is 24.4 Å². The lowest BCUT2D eigenvalue weighted by Gasteiger charge is -2.38. The second kappa shape index (κ2) is 6.29. The van der Waals surface area contributed by atoms with Crippen LogP contribution in [0.1, 0.15) is 10.4 Å². The quantitative estimate of drug-likeness (QED) is 0.447. The first kappa shape index (κ1) is 14.9. The summed E-state index contributed by atoms with van der Waals surface area (Å²) in [7, 11) is 0. The lowest BCUT2D eigenvalue weighted by atomic mass is 9.99. The Morgan fingerprint density at radius 2 is 1.70 bits per heavy atom. The van der Waals surface area contributed by atoms with E-state index in [2.05, 4.69) is 5.32 Å². The Morgan fingerprint density at radius 1 is 1.05 bits per heavy atom. The molecule has 1 aliphatic heterocycles.